The highest BCUT2D eigenvalue weighted by atomic mass is 32.1. The van der Waals surface area contributed by atoms with Gasteiger partial charge in [0.15, 0.2) is 5.82 Å². The van der Waals surface area contributed by atoms with Crippen molar-refractivity contribution in [1.82, 2.24) is 10.1 Å². The molecule has 3 rings (SSSR count). The minimum atomic E-state index is -0.0731. The minimum absolute atomic E-state index is 0.0731. The Balaban J connectivity index is 2.13. The second kappa shape index (κ2) is 4.77. The molecule has 0 bridgehead atoms. The summed E-state index contributed by atoms with van der Waals surface area (Å²) in [7, 11) is 0. The van der Waals surface area contributed by atoms with Crippen molar-refractivity contribution in [1.29, 1.82) is 0 Å². The van der Waals surface area contributed by atoms with Crippen LogP contribution < -0.4 is 5.32 Å². The summed E-state index contributed by atoms with van der Waals surface area (Å²) in [6, 6.07) is 0. The highest BCUT2D eigenvalue weighted by Gasteiger charge is 2.25. The first-order valence-electron chi connectivity index (χ1n) is 6.38. The Morgan fingerprint density at radius 1 is 1.37 bits per heavy atom. The first-order valence-corrected chi connectivity index (χ1v) is 7.19. The third-order valence-corrected chi connectivity index (χ3v) is 4.41. The van der Waals surface area contributed by atoms with E-state index in [-0.39, 0.29) is 5.91 Å². The largest absolute Gasteiger partial charge is 0.334 e. The average molecular weight is 277 g/mol. The molecule has 19 heavy (non-hydrogen) atoms. The van der Waals surface area contributed by atoms with E-state index in [2.05, 4.69) is 15.5 Å². The van der Waals surface area contributed by atoms with Crippen LogP contribution in [0.4, 0.5) is 5.00 Å². The maximum absolute atomic E-state index is 11.3. The van der Waals surface area contributed by atoms with Crippen molar-refractivity contribution >= 4 is 22.2 Å². The van der Waals surface area contributed by atoms with Gasteiger partial charge in [-0.2, -0.15) is 4.98 Å². The number of anilines is 1. The van der Waals surface area contributed by atoms with Crippen LogP contribution in [0.5, 0.6) is 0 Å². The molecule has 1 amide bonds. The number of aromatic nitrogens is 2. The minimum Gasteiger partial charge on any atom is -0.334 e. The molecule has 0 radical (unpaired) electrons. The van der Waals surface area contributed by atoms with Crippen LogP contribution in [0.3, 0.4) is 0 Å². The molecule has 2 heterocycles. The van der Waals surface area contributed by atoms with Crippen LogP contribution in [0, 0.1) is 6.92 Å². The molecule has 0 atom stereocenters. The lowest BCUT2D eigenvalue weighted by molar-refractivity contribution is -0.114. The third-order valence-electron chi connectivity index (χ3n) is 3.20. The van der Waals surface area contributed by atoms with Crippen LogP contribution in [-0.2, 0) is 17.6 Å². The van der Waals surface area contributed by atoms with Gasteiger partial charge in [-0.1, -0.05) is 5.16 Å². The lowest BCUT2D eigenvalue weighted by Gasteiger charge is -2.10. The van der Waals surface area contributed by atoms with E-state index in [4.69, 9.17) is 4.52 Å². The zero-order valence-electron chi connectivity index (χ0n) is 10.9. The van der Waals surface area contributed by atoms with Gasteiger partial charge in [-0.25, -0.2) is 0 Å². The molecule has 6 heteroatoms. The number of amides is 1. The van der Waals surface area contributed by atoms with Crippen molar-refractivity contribution in [2.45, 2.75) is 39.5 Å². The van der Waals surface area contributed by atoms with Gasteiger partial charge in [0.2, 0.25) is 5.91 Å². The second-order valence-corrected chi connectivity index (χ2v) is 5.85. The summed E-state index contributed by atoms with van der Waals surface area (Å²) in [5.41, 5.74) is 2.19. The highest BCUT2D eigenvalue weighted by molar-refractivity contribution is 7.17. The zero-order valence-corrected chi connectivity index (χ0v) is 11.8. The summed E-state index contributed by atoms with van der Waals surface area (Å²) in [5, 5.41) is 7.57. The maximum Gasteiger partial charge on any atom is 0.261 e. The molecule has 1 aliphatic rings. The predicted molar refractivity (Wildman–Crippen MR) is 73.3 cm³/mol. The monoisotopic (exact) mass is 277 g/mol. The van der Waals surface area contributed by atoms with Gasteiger partial charge in [0.25, 0.3) is 5.89 Å². The quantitative estimate of drug-likeness (QED) is 0.916. The summed E-state index contributed by atoms with van der Waals surface area (Å²) >= 11 is 1.63. The third kappa shape index (κ3) is 2.28. The molecule has 0 unspecified atom stereocenters. The fourth-order valence-corrected chi connectivity index (χ4v) is 3.77. The Labute approximate surface area is 115 Å². The number of hydrogen-bond acceptors (Lipinski definition) is 5. The summed E-state index contributed by atoms with van der Waals surface area (Å²) in [4.78, 5) is 17.0. The number of nitrogens with one attached hydrogen (secondary N) is 1. The van der Waals surface area contributed by atoms with E-state index >= 15 is 0 Å². The van der Waals surface area contributed by atoms with Gasteiger partial charge in [-0.05, 0) is 38.2 Å². The summed E-state index contributed by atoms with van der Waals surface area (Å²) in [5.74, 6) is 1.05. The molecule has 1 N–H and O–H groups in total. The molecule has 5 nitrogen and oxygen atoms in total. The van der Waals surface area contributed by atoms with Gasteiger partial charge in [0.05, 0.1) is 5.56 Å². The number of carbonyl (C=O) groups is 1. The van der Waals surface area contributed by atoms with Gasteiger partial charge < -0.3 is 9.84 Å². The molecule has 0 fully saturated rings. The summed E-state index contributed by atoms with van der Waals surface area (Å²) in [6.07, 6.45) is 4.46. The molecule has 0 saturated carbocycles. The van der Waals surface area contributed by atoms with Crippen LogP contribution >= 0.6 is 11.3 Å². The van der Waals surface area contributed by atoms with Gasteiger partial charge >= 0.3 is 0 Å². The number of thiophene rings is 1. The summed E-state index contributed by atoms with van der Waals surface area (Å²) < 4.78 is 5.29. The van der Waals surface area contributed by atoms with E-state index in [1.165, 1.54) is 30.2 Å². The van der Waals surface area contributed by atoms with Crippen LogP contribution in [0.25, 0.3) is 11.5 Å². The fraction of sp³-hybridized carbons (Fsp3) is 0.462. The molecule has 2 aromatic heterocycles. The lowest BCUT2D eigenvalue weighted by Crippen LogP contribution is -2.05. The van der Waals surface area contributed by atoms with Crippen LogP contribution in [-0.4, -0.2) is 16.0 Å². The first-order chi connectivity index (χ1) is 9.15. The van der Waals surface area contributed by atoms with Crippen molar-refractivity contribution in [3.63, 3.8) is 0 Å². The number of aryl methyl sites for hydroxylation is 2. The molecular formula is C13H15N3O2S. The molecule has 0 aromatic carbocycles. The zero-order chi connectivity index (χ0) is 13.4. The standard InChI is InChI=1S/C13H15N3O2S/c1-7-14-12(18-16-7)11-9-5-3-4-6-10(9)19-13(11)15-8(2)17/h3-6H2,1-2H3,(H,15,17). The lowest BCUT2D eigenvalue weighted by atomic mass is 9.95. The molecule has 0 spiro atoms. The SMILES string of the molecule is CC(=O)Nc1sc2c(c1-c1nc(C)no1)CCCC2. The van der Waals surface area contributed by atoms with E-state index in [0.717, 1.165) is 23.4 Å². The molecule has 100 valence electrons. The van der Waals surface area contributed by atoms with Gasteiger partial charge in [0.1, 0.15) is 5.00 Å². The highest BCUT2D eigenvalue weighted by Crippen LogP contribution is 2.43. The average Bonchev–Trinajstić information content (AvgIpc) is 2.91. The molecule has 1 aliphatic carbocycles. The second-order valence-electron chi connectivity index (χ2n) is 4.74. The van der Waals surface area contributed by atoms with E-state index < -0.39 is 0 Å². The smallest absolute Gasteiger partial charge is 0.261 e. The molecular weight excluding hydrogens is 262 g/mol. The topological polar surface area (TPSA) is 68.0 Å². The van der Waals surface area contributed by atoms with Crippen molar-refractivity contribution in [3.8, 4) is 11.5 Å². The van der Waals surface area contributed by atoms with Crippen LogP contribution in [0.15, 0.2) is 4.52 Å². The first kappa shape index (κ1) is 12.3. The molecule has 2 aromatic rings. The number of rotatable bonds is 2. The summed E-state index contributed by atoms with van der Waals surface area (Å²) in [6.45, 7) is 3.31. The van der Waals surface area contributed by atoms with Crippen LogP contribution in [0.1, 0.15) is 36.0 Å². The fourth-order valence-electron chi connectivity index (χ4n) is 2.44. The number of nitrogens with zero attached hydrogens (tertiary/aromatic N) is 2. The number of fused-ring (bicyclic) bond motifs is 1. The predicted octanol–water partition coefficient (Wildman–Crippen LogP) is 2.94. The number of carbonyl (C=O) groups excluding carboxylic acids is 1. The Morgan fingerprint density at radius 3 is 2.84 bits per heavy atom. The van der Waals surface area contributed by atoms with Gasteiger partial charge in [-0.15, -0.1) is 11.3 Å². The van der Waals surface area contributed by atoms with Gasteiger partial charge in [0, 0.05) is 11.8 Å². The Morgan fingerprint density at radius 2 is 2.16 bits per heavy atom. The normalized spacial score (nSPS) is 14.2. The van der Waals surface area contributed by atoms with Crippen molar-refractivity contribution in [2.75, 3.05) is 5.32 Å². The van der Waals surface area contributed by atoms with Gasteiger partial charge in [-0.3, -0.25) is 4.79 Å². The Kier molecular flexibility index (Phi) is 3.10. The van der Waals surface area contributed by atoms with E-state index in [1.807, 2.05) is 0 Å². The van der Waals surface area contributed by atoms with E-state index in [1.54, 1.807) is 18.3 Å². The van der Waals surface area contributed by atoms with E-state index in [9.17, 15) is 4.79 Å². The van der Waals surface area contributed by atoms with Crippen molar-refractivity contribution in [3.05, 3.63) is 16.3 Å². The van der Waals surface area contributed by atoms with Crippen molar-refractivity contribution in [2.24, 2.45) is 0 Å². The van der Waals surface area contributed by atoms with E-state index in [0.29, 0.717) is 11.7 Å². The Hall–Kier alpha value is -1.69. The molecule has 0 saturated heterocycles. The maximum atomic E-state index is 11.3. The molecule has 0 aliphatic heterocycles. The Bertz CT molecular complexity index is 630. The van der Waals surface area contributed by atoms with Crippen LogP contribution in [0.2, 0.25) is 0 Å². The number of hydrogen-bond donors (Lipinski definition) is 1. The van der Waals surface area contributed by atoms with Crippen molar-refractivity contribution < 1.29 is 9.32 Å².